The number of aromatic nitrogens is 5. The fourth-order valence-electron chi connectivity index (χ4n) is 3.62. The maximum Gasteiger partial charge on any atom is 0.325 e. The highest BCUT2D eigenvalue weighted by Crippen LogP contribution is 2.34. The number of H-pyrrole nitrogens is 2. The van der Waals surface area contributed by atoms with Crippen LogP contribution < -0.4 is 26.0 Å². The number of nitrogens with one attached hydrogen (secondary N) is 3. The molecule has 1 amide bonds. The number of hydrogen-bond acceptors (Lipinski definition) is 8. The van der Waals surface area contributed by atoms with E-state index < -0.39 is 11.2 Å². The summed E-state index contributed by atoms with van der Waals surface area (Å²) in [5.74, 6) is 1.58. The highest BCUT2D eigenvalue weighted by Gasteiger charge is 2.18. The Hall–Kier alpha value is -4.32. The van der Waals surface area contributed by atoms with Gasteiger partial charge in [-0.05, 0) is 36.8 Å². The largest absolute Gasteiger partial charge is 0.454 e. The molecule has 178 valence electrons. The van der Waals surface area contributed by atoms with Crippen molar-refractivity contribution in [2.45, 2.75) is 18.5 Å². The minimum atomic E-state index is -0.594. The van der Waals surface area contributed by atoms with Gasteiger partial charge in [0, 0.05) is 35.6 Å². The van der Waals surface area contributed by atoms with Gasteiger partial charge in [-0.1, -0.05) is 23.9 Å². The summed E-state index contributed by atoms with van der Waals surface area (Å²) in [4.78, 5) is 40.8. The van der Waals surface area contributed by atoms with E-state index in [-0.39, 0.29) is 24.9 Å². The van der Waals surface area contributed by atoms with Gasteiger partial charge in [0.05, 0.1) is 5.75 Å². The second-order valence-electron chi connectivity index (χ2n) is 7.77. The van der Waals surface area contributed by atoms with Gasteiger partial charge in [0.1, 0.15) is 5.82 Å². The number of aryl methyl sites for hydroxylation is 1. The van der Waals surface area contributed by atoms with E-state index in [0.29, 0.717) is 33.9 Å². The Morgan fingerprint density at radius 1 is 1.09 bits per heavy atom. The lowest BCUT2D eigenvalue weighted by Gasteiger charge is -2.11. The lowest BCUT2D eigenvalue weighted by Crippen LogP contribution is -2.23. The van der Waals surface area contributed by atoms with Crippen LogP contribution in [0.4, 0.5) is 5.69 Å². The van der Waals surface area contributed by atoms with Crippen LogP contribution in [0.3, 0.4) is 0 Å². The van der Waals surface area contributed by atoms with Crippen molar-refractivity contribution in [1.82, 2.24) is 24.7 Å². The lowest BCUT2D eigenvalue weighted by molar-refractivity contribution is -0.113. The number of rotatable bonds is 7. The van der Waals surface area contributed by atoms with Crippen molar-refractivity contribution in [2.75, 3.05) is 17.9 Å². The van der Waals surface area contributed by atoms with Gasteiger partial charge >= 0.3 is 5.69 Å². The molecule has 0 saturated carbocycles. The van der Waals surface area contributed by atoms with Crippen LogP contribution in [0.2, 0.25) is 0 Å². The van der Waals surface area contributed by atoms with E-state index in [9.17, 15) is 14.4 Å². The molecule has 35 heavy (non-hydrogen) atoms. The first-order valence-corrected chi connectivity index (χ1v) is 11.6. The van der Waals surface area contributed by atoms with Crippen molar-refractivity contribution in [3.05, 3.63) is 86.5 Å². The van der Waals surface area contributed by atoms with Gasteiger partial charge in [0.25, 0.3) is 5.56 Å². The van der Waals surface area contributed by atoms with E-state index in [4.69, 9.17) is 9.47 Å². The summed E-state index contributed by atoms with van der Waals surface area (Å²) in [7, 11) is 0. The van der Waals surface area contributed by atoms with Gasteiger partial charge < -0.3 is 19.8 Å². The van der Waals surface area contributed by atoms with Crippen molar-refractivity contribution in [1.29, 1.82) is 0 Å². The van der Waals surface area contributed by atoms with Gasteiger partial charge in [0.15, 0.2) is 16.7 Å². The molecule has 12 heteroatoms. The Bertz CT molecular complexity index is 1500. The Balaban J connectivity index is 1.37. The zero-order valence-corrected chi connectivity index (χ0v) is 19.3. The molecule has 0 atom stereocenters. The monoisotopic (exact) mass is 492 g/mol. The minimum Gasteiger partial charge on any atom is -0.454 e. The number of anilines is 1. The highest BCUT2D eigenvalue weighted by atomic mass is 32.2. The van der Waals surface area contributed by atoms with Gasteiger partial charge in [-0.15, -0.1) is 10.2 Å². The summed E-state index contributed by atoms with van der Waals surface area (Å²) in [6.45, 7) is 2.12. The smallest absolute Gasteiger partial charge is 0.325 e. The van der Waals surface area contributed by atoms with Crippen LogP contribution in [0.1, 0.15) is 17.1 Å². The number of amides is 1. The van der Waals surface area contributed by atoms with E-state index in [2.05, 4.69) is 25.5 Å². The number of benzene rings is 2. The third kappa shape index (κ3) is 5.11. The number of carbonyl (C=O) groups is 1. The van der Waals surface area contributed by atoms with Gasteiger partial charge in [-0.25, -0.2) is 4.79 Å². The molecule has 4 aromatic rings. The molecular weight excluding hydrogens is 472 g/mol. The topological polar surface area (TPSA) is 144 Å². The predicted molar refractivity (Wildman–Crippen MR) is 129 cm³/mol. The van der Waals surface area contributed by atoms with Crippen molar-refractivity contribution >= 4 is 23.4 Å². The fourth-order valence-corrected chi connectivity index (χ4v) is 4.39. The van der Waals surface area contributed by atoms with Crippen LogP contribution in [0.15, 0.2) is 63.3 Å². The Kier molecular flexibility index (Phi) is 6.10. The van der Waals surface area contributed by atoms with Crippen LogP contribution in [-0.2, 0) is 11.2 Å². The van der Waals surface area contributed by atoms with E-state index in [0.717, 1.165) is 11.3 Å². The average molecular weight is 493 g/mol. The molecule has 0 spiro atoms. The van der Waals surface area contributed by atoms with Crippen molar-refractivity contribution in [3.8, 4) is 17.2 Å². The normalized spacial score (nSPS) is 12.0. The molecule has 3 heterocycles. The summed E-state index contributed by atoms with van der Waals surface area (Å²) in [6, 6.07) is 14.2. The molecule has 0 unspecified atom stereocenters. The maximum atomic E-state index is 12.6. The third-order valence-corrected chi connectivity index (χ3v) is 6.04. The standard InChI is InChI=1S/C23H20N6O5S/c1-13-3-2-4-16(7-13)29-19(9-15-10-20(30)26-22(32)25-15)27-28-23(29)35-11-21(31)24-14-5-6-17-18(8-14)34-12-33-17/h2-8,10H,9,11-12H2,1H3,(H,24,31)(H2,25,26,30,32). The zero-order valence-electron chi connectivity index (χ0n) is 18.5. The molecule has 1 aliphatic heterocycles. The van der Waals surface area contributed by atoms with Crippen LogP contribution in [0, 0.1) is 6.92 Å². The maximum absolute atomic E-state index is 12.6. The van der Waals surface area contributed by atoms with Crippen LogP contribution >= 0.6 is 11.8 Å². The quantitative estimate of drug-likeness (QED) is 0.332. The van der Waals surface area contributed by atoms with Crippen molar-refractivity contribution in [3.63, 3.8) is 0 Å². The lowest BCUT2D eigenvalue weighted by atomic mass is 10.2. The molecule has 0 radical (unpaired) electrons. The molecule has 5 rings (SSSR count). The molecule has 1 aliphatic rings. The summed E-state index contributed by atoms with van der Waals surface area (Å²) in [6.07, 6.45) is 0.171. The first-order valence-electron chi connectivity index (χ1n) is 10.6. The third-order valence-electron chi connectivity index (χ3n) is 5.11. The van der Waals surface area contributed by atoms with Crippen molar-refractivity contribution < 1.29 is 14.3 Å². The second-order valence-corrected chi connectivity index (χ2v) is 8.71. The molecule has 0 bridgehead atoms. The Morgan fingerprint density at radius 2 is 1.94 bits per heavy atom. The molecule has 2 aromatic carbocycles. The number of ether oxygens (including phenoxy) is 2. The zero-order chi connectivity index (χ0) is 24.4. The van der Waals surface area contributed by atoms with Crippen LogP contribution in [0.5, 0.6) is 11.5 Å². The number of hydrogen-bond donors (Lipinski definition) is 3. The Labute approximate surface area is 202 Å². The van der Waals surface area contributed by atoms with Gasteiger partial charge in [-0.3, -0.25) is 19.1 Å². The molecule has 11 nitrogen and oxygen atoms in total. The minimum absolute atomic E-state index is 0.0836. The van der Waals surface area contributed by atoms with Gasteiger partial charge in [-0.2, -0.15) is 0 Å². The van der Waals surface area contributed by atoms with Gasteiger partial charge in [0.2, 0.25) is 12.7 Å². The van der Waals surface area contributed by atoms with E-state index in [1.54, 1.807) is 18.2 Å². The predicted octanol–water partition coefficient (Wildman–Crippen LogP) is 2.00. The number of carbonyl (C=O) groups excluding carboxylic acids is 1. The van der Waals surface area contributed by atoms with E-state index in [1.807, 2.05) is 35.8 Å². The van der Waals surface area contributed by atoms with Crippen molar-refractivity contribution in [2.24, 2.45) is 0 Å². The fraction of sp³-hybridized carbons (Fsp3) is 0.174. The summed E-state index contributed by atoms with van der Waals surface area (Å²) < 4.78 is 12.4. The molecule has 3 N–H and O–H groups in total. The first kappa shape index (κ1) is 22.5. The molecular formula is C23H20N6O5S. The summed E-state index contributed by atoms with van der Waals surface area (Å²) in [5.41, 5.74) is 1.74. The molecule has 0 fully saturated rings. The van der Waals surface area contributed by atoms with E-state index >= 15 is 0 Å². The molecule has 2 aromatic heterocycles. The van der Waals surface area contributed by atoms with Crippen LogP contribution in [-0.4, -0.2) is 43.2 Å². The molecule has 0 aliphatic carbocycles. The number of fused-ring (bicyclic) bond motifs is 1. The SMILES string of the molecule is Cc1cccc(-n2c(Cc3cc(=O)[nH]c(=O)[nH]3)nnc2SCC(=O)Nc2ccc3c(c2)OCO3)c1. The number of nitrogens with zero attached hydrogens (tertiary/aromatic N) is 3. The highest BCUT2D eigenvalue weighted by molar-refractivity contribution is 7.99. The summed E-state index contributed by atoms with van der Waals surface area (Å²) >= 11 is 1.22. The van der Waals surface area contributed by atoms with E-state index in [1.165, 1.54) is 17.8 Å². The first-order chi connectivity index (χ1) is 16.9. The average Bonchev–Trinajstić information content (AvgIpc) is 3.43. The number of aromatic amines is 2. The molecule has 0 saturated heterocycles. The van der Waals surface area contributed by atoms with Crippen LogP contribution in [0.25, 0.3) is 5.69 Å². The Morgan fingerprint density at radius 3 is 2.77 bits per heavy atom. The summed E-state index contributed by atoms with van der Waals surface area (Å²) in [5, 5.41) is 11.9. The second kappa shape index (κ2) is 9.50. The number of thioether (sulfide) groups is 1.